The Balaban J connectivity index is 2.08. The van der Waals surface area contributed by atoms with E-state index in [4.69, 9.17) is 5.10 Å². The third-order valence-electron chi connectivity index (χ3n) is 3.69. The van der Waals surface area contributed by atoms with Crippen molar-refractivity contribution in [3.8, 4) is 11.3 Å². The molecule has 1 heterocycles. The molecule has 0 atom stereocenters. The van der Waals surface area contributed by atoms with Gasteiger partial charge in [0.2, 0.25) is 4.80 Å². The summed E-state index contributed by atoms with van der Waals surface area (Å²) in [6.07, 6.45) is 1.91. The molecule has 0 aliphatic heterocycles. The molecule has 4 heteroatoms. The quantitative estimate of drug-likeness (QED) is 0.646. The lowest BCUT2D eigenvalue weighted by Gasteiger charge is -2.04. The molecule has 3 aromatic rings. The smallest absolute Gasteiger partial charge is 0.205 e. The monoisotopic (exact) mass is 321 g/mol. The van der Waals surface area contributed by atoms with Gasteiger partial charge >= 0.3 is 0 Å². The average Bonchev–Trinajstić information content (AvgIpc) is 2.99. The van der Waals surface area contributed by atoms with Crippen LogP contribution in [-0.2, 0) is 0 Å². The largest absolute Gasteiger partial charge is 0.261 e. The minimum absolute atomic E-state index is 0.880. The van der Waals surface area contributed by atoms with Crippen LogP contribution in [0.3, 0.4) is 0 Å². The highest BCUT2D eigenvalue weighted by atomic mass is 32.1. The Bertz CT molecular complexity index is 902. The molecule has 0 bridgehead atoms. The van der Waals surface area contributed by atoms with Gasteiger partial charge in [-0.2, -0.15) is 5.10 Å². The number of nitrogens with zero attached hydrogens (tertiary/aromatic N) is 3. The van der Waals surface area contributed by atoms with Crippen molar-refractivity contribution in [2.45, 2.75) is 13.8 Å². The number of aromatic nitrogens is 1. The number of thiazole rings is 1. The molecule has 0 saturated heterocycles. The second-order valence-corrected chi connectivity index (χ2v) is 6.25. The van der Waals surface area contributed by atoms with Gasteiger partial charge in [-0.25, -0.2) is 4.68 Å². The maximum atomic E-state index is 4.69. The van der Waals surface area contributed by atoms with Crippen LogP contribution >= 0.6 is 11.3 Å². The van der Waals surface area contributed by atoms with Crippen molar-refractivity contribution in [2.75, 3.05) is 7.05 Å². The highest BCUT2D eigenvalue weighted by molar-refractivity contribution is 7.07. The second-order valence-electron chi connectivity index (χ2n) is 5.41. The Morgan fingerprint density at radius 1 is 1.04 bits per heavy atom. The maximum Gasteiger partial charge on any atom is 0.205 e. The van der Waals surface area contributed by atoms with Crippen LogP contribution in [0.2, 0.25) is 0 Å². The normalized spacial score (nSPS) is 12.2. The summed E-state index contributed by atoms with van der Waals surface area (Å²) in [5.74, 6) is 0. The summed E-state index contributed by atoms with van der Waals surface area (Å²) in [5, 5.41) is 6.79. The molecule has 23 heavy (non-hydrogen) atoms. The van der Waals surface area contributed by atoms with Crippen molar-refractivity contribution < 1.29 is 0 Å². The van der Waals surface area contributed by atoms with Crippen molar-refractivity contribution in [3.63, 3.8) is 0 Å². The van der Waals surface area contributed by atoms with Gasteiger partial charge in [0.05, 0.1) is 11.9 Å². The summed E-state index contributed by atoms with van der Waals surface area (Å²) in [6.45, 7) is 4.19. The molecule has 0 aliphatic rings. The molecular formula is C19H19N3S. The molecule has 0 radical (unpaired) electrons. The van der Waals surface area contributed by atoms with Crippen LogP contribution < -0.4 is 4.80 Å². The van der Waals surface area contributed by atoms with Crippen LogP contribution in [0.1, 0.15) is 16.7 Å². The molecule has 0 amide bonds. The third-order valence-corrected chi connectivity index (χ3v) is 4.60. The van der Waals surface area contributed by atoms with Crippen LogP contribution in [-0.4, -0.2) is 17.9 Å². The zero-order chi connectivity index (χ0) is 16.2. The van der Waals surface area contributed by atoms with E-state index < -0.39 is 0 Å². The highest BCUT2D eigenvalue weighted by Crippen LogP contribution is 2.19. The van der Waals surface area contributed by atoms with Crippen LogP contribution in [0, 0.1) is 13.8 Å². The first-order valence-electron chi connectivity index (χ1n) is 7.49. The SMILES string of the molecule is CN=c1scc(-c2ccccc2)n1N=Cc1cc(C)ccc1C. The number of rotatable bonds is 3. The summed E-state index contributed by atoms with van der Waals surface area (Å²) in [7, 11) is 1.80. The summed E-state index contributed by atoms with van der Waals surface area (Å²) in [5.41, 5.74) is 5.77. The number of hydrogen-bond donors (Lipinski definition) is 0. The van der Waals surface area contributed by atoms with E-state index >= 15 is 0 Å². The molecule has 1 aromatic heterocycles. The molecular weight excluding hydrogens is 302 g/mol. The third kappa shape index (κ3) is 3.32. The first kappa shape index (κ1) is 15.4. The number of benzene rings is 2. The Morgan fingerprint density at radius 3 is 2.57 bits per heavy atom. The Morgan fingerprint density at radius 2 is 1.83 bits per heavy atom. The van der Waals surface area contributed by atoms with Gasteiger partial charge in [-0.05, 0) is 25.0 Å². The molecule has 2 aromatic carbocycles. The lowest BCUT2D eigenvalue weighted by Crippen LogP contribution is -2.11. The van der Waals surface area contributed by atoms with E-state index in [0.717, 1.165) is 21.6 Å². The molecule has 0 N–H and O–H groups in total. The van der Waals surface area contributed by atoms with E-state index in [0.29, 0.717) is 0 Å². The predicted octanol–water partition coefficient (Wildman–Crippen LogP) is 4.25. The molecule has 3 rings (SSSR count). The van der Waals surface area contributed by atoms with Gasteiger partial charge < -0.3 is 0 Å². The van der Waals surface area contributed by atoms with Crippen molar-refractivity contribution in [1.82, 2.24) is 4.68 Å². The lowest BCUT2D eigenvalue weighted by atomic mass is 10.1. The minimum atomic E-state index is 0.880. The Labute approximate surface area is 140 Å². The van der Waals surface area contributed by atoms with Gasteiger partial charge in [0.1, 0.15) is 0 Å². The van der Waals surface area contributed by atoms with Crippen molar-refractivity contribution in [1.29, 1.82) is 0 Å². The van der Waals surface area contributed by atoms with Crippen molar-refractivity contribution in [2.24, 2.45) is 10.1 Å². The number of hydrogen-bond acceptors (Lipinski definition) is 3. The average molecular weight is 321 g/mol. The highest BCUT2D eigenvalue weighted by Gasteiger charge is 2.06. The topological polar surface area (TPSA) is 29.6 Å². The summed E-state index contributed by atoms with van der Waals surface area (Å²) >= 11 is 1.60. The molecule has 3 nitrogen and oxygen atoms in total. The van der Waals surface area contributed by atoms with Crippen LogP contribution in [0.4, 0.5) is 0 Å². The summed E-state index contributed by atoms with van der Waals surface area (Å²) in [6, 6.07) is 16.7. The molecule has 0 saturated carbocycles. The predicted molar refractivity (Wildman–Crippen MR) is 98.1 cm³/mol. The minimum Gasteiger partial charge on any atom is -0.261 e. The number of aryl methyl sites for hydroxylation is 2. The standard InChI is InChI=1S/C19H19N3S/c1-14-9-10-15(2)17(11-14)12-21-22-18(13-23-19(22)20-3)16-7-5-4-6-8-16/h4-13H,1-3H3. The van der Waals surface area contributed by atoms with Crippen LogP contribution in [0.25, 0.3) is 11.3 Å². The lowest BCUT2D eigenvalue weighted by molar-refractivity contribution is 0.848. The van der Waals surface area contributed by atoms with E-state index in [2.05, 4.69) is 54.6 Å². The van der Waals surface area contributed by atoms with E-state index in [1.165, 1.54) is 11.1 Å². The van der Waals surface area contributed by atoms with Gasteiger partial charge in [-0.15, -0.1) is 11.3 Å². The van der Waals surface area contributed by atoms with E-state index in [9.17, 15) is 0 Å². The zero-order valence-corrected chi connectivity index (χ0v) is 14.3. The molecule has 0 spiro atoms. The van der Waals surface area contributed by atoms with Gasteiger partial charge in [-0.1, -0.05) is 54.1 Å². The Hall–Kier alpha value is -2.46. The second kappa shape index (κ2) is 6.75. The first-order valence-corrected chi connectivity index (χ1v) is 8.37. The van der Waals surface area contributed by atoms with Gasteiger partial charge in [0.15, 0.2) is 0 Å². The van der Waals surface area contributed by atoms with E-state index in [1.54, 1.807) is 18.4 Å². The molecule has 0 unspecified atom stereocenters. The molecule has 116 valence electrons. The molecule has 0 fully saturated rings. The van der Waals surface area contributed by atoms with Crippen molar-refractivity contribution >= 4 is 17.6 Å². The molecule has 0 aliphatic carbocycles. The van der Waals surface area contributed by atoms with Crippen molar-refractivity contribution in [3.05, 3.63) is 75.4 Å². The van der Waals surface area contributed by atoms with Crippen LogP contribution in [0.15, 0.2) is 64.0 Å². The van der Waals surface area contributed by atoms with E-state index in [1.807, 2.05) is 29.1 Å². The van der Waals surface area contributed by atoms with Gasteiger partial charge in [0, 0.05) is 18.0 Å². The first-order chi connectivity index (χ1) is 11.2. The maximum absolute atomic E-state index is 4.69. The van der Waals surface area contributed by atoms with E-state index in [-0.39, 0.29) is 0 Å². The van der Waals surface area contributed by atoms with Gasteiger partial charge in [0.25, 0.3) is 0 Å². The fraction of sp³-hybridized carbons (Fsp3) is 0.158. The van der Waals surface area contributed by atoms with Crippen LogP contribution in [0.5, 0.6) is 0 Å². The summed E-state index contributed by atoms with van der Waals surface area (Å²) < 4.78 is 1.90. The summed E-state index contributed by atoms with van der Waals surface area (Å²) in [4.78, 5) is 5.22. The van der Waals surface area contributed by atoms with Gasteiger partial charge in [-0.3, -0.25) is 4.99 Å². The zero-order valence-electron chi connectivity index (χ0n) is 13.5. The fourth-order valence-corrected chi connectivity index (χ4v) is 3.19. The fourth-order valence-electron chi connectivity index (χ4n) is 2.39. The Kier molecular flexibility index (Phi) is 4.53.